The molecule has 12 rings (SSSR count). The molecule has 19 heteroatoms. The number of thioether (sulfide) groups is 3. The molecule has 0 spiro atoms. The molecule has 4 heterocycles. The summed E-state index contributed by atoms with van der Waals surface area (Å²) in [5, 5.41) is 21.9. The van der Waals surface area contributed by atoms with Crippen LogP contribution in [-0.4, -0.2) is 82.3 Å². The first-order chi connectivity index (χ1) is 43.9. The zero-order valence-corrected chi connectivity index (χ0v) is 52.3. The molecule has 1 fully saturated rings. The number of amides is 3. The summed E-state index contributed by atoms with van der Waals surface area (Å²) < 4.78 is 14.0. The molecule has 0 unspecified atom stereocenters. The van der Waals surface area contributed by atoms with Gasteiger partial charge in [0.2, 0.25) is 5.60 Å². The fourth-order valence-electron chi connectivity index (χ4n) is 11.0. The lowest BCUT2D eigenvalue weighted by Crippen LogP contribution is -2.71. The fourth-order valence-corrected chi connectivity index (χ4v) is 15.3. The third kappa shape index (κ3) is 12.7. The minimum absolute atomic E-state index is 0.0469. The second kappa shape index (κ2) is 27.1. The van der Waals surface area contributed by atoms with Gasteiger partial charge >= 0.3 is 12.1 Å². The Hall–Kier alpha value is -9.53. The number of β-lactam (4-membered cyclic amide) rings is 1. The zero-order chi connectivity index (χ0) is 62.1. The standard InChI is InChI=1S/C71H60N8O7S4/c1-69(2,3)85-68(83)74-67-72-56(45-88-67)59(76-86-71(53-38-22-9-23-39-53,54-40-24-10-25-41-54)55-42-26-11-27-43-55)63(80)73-60-64(81)79-61(66(82)84-62(48-28-12-4-13-29-48)49-30-14-5-15-31-49)57(46-87-65(60)79)89-47-90-58-44-78(77-75-58)70(50-32-16-6-17-33-50,51-34-18-7-19-35-51)52-36-20-8-21-37-52/h4-45,60,62,65H,46-47H2,1-3H3,(H,73,80)(H,72,74,83)/b76-59-/t60-,65-/m1/s1. The summed E-state index contributed by atoms with van der Waals surface area (Å²) in [4.78, 5) is 72.2. The minimum Gasteiger partial charge on any atom is -0.448 e. The van der Waals surface area contributed by atoms with Gasteiger partial charge in [-0.05, 0) is 48.6 Å². The van der Waals surface area contributed by atoms with Gasteiger partial charge in [-0.25, -0.2) is 19.3 Å². The van der Waals surface area contributed by atoms with Gasteiger partial charge in [0.25, 0.3) is 11.8 Å². The highest BCUT2D eigenvalue weighted by molar-refractivity contribution is 8.18. The van der Waals surface area contributed by atoms with Crippen molar-refractivity contribution in [3.05, 3.63) is 315 Å². The maximum absolute atomic E-state index is 15.3. The topological polar surface area (TPSA) is 179 Å². The van der Waals surface area contributed by atoms with E-state index in [1.807, 2.05) is 217 Å². The number of thiazole rings is 1. The number of ether oxygens (including phenoxy) is 2. The van der Waals surface area contributed by atoms with Gasteiger partial charge in [0, 0.05) is 32.7 Å². The summed E-state index contributed by atoms with van der Waals surface area (Å²) in [5.74, 6) is -1.77. The number of rotatable bonds is 21. The van der Waals surface area contributed by atoms with Crippen LogP contribution in [-0.2, 0) is 39.8 Å². The molecule has 0 radical (unpaired) electrons. The summed E-state index contributed by atoms with van der Waals surface area (Å²) in [7, 11) is 0. The number of benzene rings is 8. The summed E-state index contributed by atoms with van der Waals surface area (Å²) >= 11 is 5.31. The van der Waals surface area contributed by atoms with E-state index in [0.717, 1.165) is 39.2 Å². The summed E-state index contributed by atoms with van der Waals surface area (Å²) in [5.41, 5.74) is 3.33. The van der Waals surface area contributed by atoms with Crippen molar-refractivity contribution >= 4 is 81.3 Å². The lowest BCUT2D eigenvalue weighted by molar-refractivity contribution is -0.154. The SMILES string of the molecule is CC(C)(C)OC(=O)Nc1nc(/C(=N/OC(c2ccccc2)(c2ccccc2)c2ccccc2)C(=O)N[C@@H]2C(=O)N3C(C(=O)OC(c4ccccc4)c4ccccc4)=C(SCSc4cn(C(c5ccccc5)(c5ccccc5)c5ccccc5)nn4)CS[C@H]23)cs1. The van der Waals surface area contributed by atoms with Gasteiger partial charge < -0.3 is 19.6 Å². The average molecular weight is 1270 g/mol. The molecule has 2 aliphatic rings. The summed E-state index contributed by atoms with van der Waals surface area (Å²) in [6, 6.07) is 77.1. The van der Waals surface area contributed by atoms with Crippen LogP contribution in [0.3, 0.4) is 0 Å². The predicted octanol–water partition coefficient (Wildman–Crippen LogP) is 14.1. The van der Waals surface area contributed by atoms with Crippen LogP contribution in [0.1, 0.15) is 77.1 Å². The van der Waals surface area contributed by atoms with Crippen LogP contribution >= 0.6 is 46.6 Å². The van der Waals surface area contributed by atoms with Crippen LogP contribution in [0.25, 0.3) is 0 Å². The molecule has 2 aromatic heterocycles. The number of nitrogens with one attached hydrogen (secondary N) is 2. The molecular formula is C71H60N8O7S4. The van der Waals surface area contributed by atoms with Crippen molar-refractivity contribution in [1.29, 1.82) is 0 Å². The minimum atomic E-state index is -1.41. The highest BCUT2D eigenvalue weighted by Gasteiger charge is 2.55. The molecule has 0 saturated carbocycles. The van der Waals surface area contributed by atoms with Crippen LogP contribution < -0.4 is 10.6 Å². The largest absolute Gasteiger partial charge is 0.448 e. The Kier molecular flexibility index (Phi) is 18.3. The van der Waals surface area contributed by atoms with E-state index in [9.17, 15) is 4.79 Å². The molecule has 0 bridgehead atoms. The van der Waals surface area contributed by atoms with E-state index >= 15 is 14.4 Å². The third-order valence-corrected chi connectivity index (χ3v) is 19.4. The highest BCUT2D eigenvalue weighted by atomic mass is 32.2. The number of carbonyl (C=O) groups is 4. The van der Waals surface area contributed by atoms with Gasteiger partial charge in [0.1, 0.15) is 39.0 Å². The molecule has 8 aromatic carbocycles. The number of nitrogens with zero attached hydrogens (tertiary/aromatic N) is 6. The Labute approximate surface area is 538 Å². The van der Waals surface area contributed by atoms with Crippen molar-refractivity contribution in [2.24, 2.45) is 5.16 Å². The Morgan fingerprint density at radius 3 is 1.59 bits per heavy atom. The number of oxime groups is 1. The number of carbonyl (C=O) groups excluding carboxylic acids is 4. The zero-order valence-electron chi connectivity index (χ0n) is 49.1. The molecule has 0 aliphatic carbocycles. The lowest BCUT2D eigenvalue weighted by Gasteiger charge is -2.49. The first-order valence-electron chi connectivity index (χ1n) is 28.9. The van der Waals surface area contributed by atoms with Crippen molar-refractivity contribution in [3.8, 4) is 0 Å². The molecule has 15 nitrogen and oxygen atoms in total. The monoisotopic (exact) mass is 1260 g/mol. The van der Waals surface area contributed by atoms with Crippen molar-refractivity contribution in [1.82, 2.24) is 30.2 Å². The molecule has 2 aliphatic heterocycles. The second-order valence-corrected chi connectivity index (χ2v) is 26.3. The number of hydrogen-bond donors (Lipinski definition) is 2. The normalized spacial score (nSPS) is 15.1. The van der Waals surface area contributed by atoms with Gasteiger partial charge in [-0.1, -0.05) is 265 Å². The van der Waals surface area contributed by atoms with E-state index in [0.29, 0.717) is 31.7 Å². The number of aromatic nitrogens is 4. The molecule has 90 heavy (non-hydrogen) atoms. The van der Waals surface area contributed by atoms with Gasteiger partial charge in [-0.2, -0.15) is 0 Å². The highest BCUT2D eigenvalue weighted by Crippen LogP contribution is 2.47. The van der Waals surface area contributed by atoms with E-state index in [2.05, 4.69) is 52.0 Å². The second-order valence-electron chi connectivity index (χ2n) is 21.9. The van der Waals surface area contributed by atoms with Gasteiger partial charge in [-0.3, -0.25) is 19.8 Å². The molecular weight excluding hydrogens is 1210 g/mol. The molecule has 10 aromatic rings. The van der Waals surface area contributed by atoms with Crippen molar-refractivity contribution < 1.29 is 33.5 Å². The Balaban J connectivity index is 0.875. The van der Waals surface area contributed by atoms with Gasteiger partial charge in [-0.15, -0.1) is 40.0 Å². The fraction of sp³-hybridized carbons (Fsp3) is 0.155. The van der Waals surface area contributed by atoms with Gasteiger partial charge in [0.05, 0.1) is 11.3 Å². The van der Waals surface area contributed by atoms with E-state index in [1.54, 1.807) is 26.2 Å². The molecule has 2 atom stereocenters. The molecule has 450 valence electrons. The van der Waals surface area contributed by atoms with E-state index in [4.69, 9.17) is 29.8 Å². The van der Waals surface area contributed by atoms with Crippen LogP contribution in [0.2, 0.25) is 0 Å². The molecule has 3 amide bonds. The molecule has 2 N–H and O–H groups in total. The summed E-state index contributed by atoms with van der Waals surface area (Å²) in [6.45, 7) is 5.24. The Bertz CT molecular complexity index is 3950. The lowest BCUT2D eigenvalue weighted by atomic mass is 9.77. The van der Waals surface area contributed by atoms with E-state index < -0.39 is 58.1 Å². The number of hydrogen-bond acceptors (Lipinski definition) is 15. The van der Waals surface area contributed by atoms with Gasteiger partial charge in [0.15, 0.2) is 16.9 Å². The quantitative estimate of drug-likeness (QED) is 0.0132. The van der Waals surface area contributed by atoms with Crippen LogP contribution in [0.15, 0.2) is 275 Å². The predicted molar refractivity (Wildman–Crippen MR) is 355 cm³/mol. The van der Waals surface area contributed by atoms with E-state index in [1.165, 1.54) is 40.2 Å². The van der Waals surface area contributed by atoms with Crippen molar-refractivity contribution in [2.75, 3.05) is 16.2 Å². The maximum atomic E-state index is 15.3. The Morgan fingerprint density at radius 1 is 0.644 bits per heavy atom. The van der Waals surface area contributed by atoms with Crippen LogP contribution in [0.4, 0.5) is 9.93 Å². The first-order valence-corrected chi connectivity index (χ1v) is 32.8. The average Bonchev–Trinajstić information content (AvgIpc) is 0.964. The first kappa shape index (κ1) is 60.7. The van der Waals surface area contributed by atoms with Crippen LogP contribution in [0.5, 0.6) is 0 Å². The van der Waals surface area contributed by atoms with Crippen molar-refractivity contribution in [2.45, 2.75) is 60.1 Å². The number of anilines is 1. The smallest absolute Gasteiger partial charge is 0.413 e. The number of esters is 1. The third-order valence-electron chi connectivity index (χ3n) is 15.1. The van der Waals surface area contributed by atoms with Crippen LogP contribution in [0, 0.1) is 0 Å². The van der Waals surface area contributed by atoms with E-state index in [-0.39, 0.29) is 28.0 Å². The summed E-state index contributed by atoms with van der Waals surface area (Å²) in [6.07, 6.45) is 0.371. The van der Waals surface area contributed by atoms with Crippen molar-refractivity contribution in [3.63, 3.8) is 0 Å². The molecule has 1 saturated heterocycles. The maximum Gasteiger partial charge on any atom is 0.413 e. The Morgan fingerprint density at radius 2 is 1.11 bits per heavy atom. The number of fused-ring (bicyclic) bond motifs is 1.